The zero-order valence-corrected chi connectivity index (χ0v) is 10.9. The molecular weight excluding hydrogens is 264 g/mol. The Morgan fingerprint density at radius 1 is 1.50 bits per heavy atom. The first kappa shape index (κ1) is 11.7. The van der Waals surface area contributed by atoms with Crippen molar-refractivity contribution in [2.75, 3.05) is 0 Å². The molecule has 0 aliphatic rings. The standard InChI is InChI=1S/C10H13BrO2S/c1-10(2,3)13-9(12)8-5-4-7(6-11)14-8/h4-5H,6H2,1-3H3. The summed E-state index contributed by atoms with van der Waals surface area (Å²) in [5.41, 5.74) is -0.421. The van der Waals surface area contributed by atoms with Gasteiger partial charge in [0.05, 0.1) is 0 Å². The van der Waals surface area contributed by atoms with Gasteiger partial charge in [-0.2, -0.15) is 0 Å². The van der Waals surface area contributed by atoms with Crippen LogP contribution in [-0.4, -0.2) is 11.6 Å². The van der Waals surface area contributed by atoms with Gasteiger partial charge in [0.1, 0.15) is 10.5 Å². The maximum Gasteiger partial charge on any atom is 0.348 e. The SMILES string of the molecule is CC(C)(C)OC(=O)c1ccc(CBr)s1. The van der Waals surface area contributed by atoms with Crippen molar-refractivity contribution in [1.82, 2.24) is 0 Å². The Kier molecular flexibility index (Phi) is 3.72. The van der Waals surface area contributed by atoms with Crippen LogP contribution in [0.25, 0.3) is 0 Å². The molecule has 0 atom stereocenters. The van der Waals surface area contributed by atoms with Gasteiger partial charge in [-0.15, -0.1) is 11.3 Å². The molecule has 2 nitrogen and oxygen atoms in total. The van der Waals surface area contributed by atoms with E-state index >= 15 is 0 Å². The number of esters is 1. The second-order valence-corrected chi connectivity index (χ2v) is 5.63. The highest BCUT2D eigenvalue weighted by atomic mass is 79.9. The van der Waals surface area contributed by atoms with E-state index in [4.69, 9.17) is 4.74 Å². The average Bonchev–Trinajstić information content (AvgIpc) is 2.48. The van der Waals surface area contributed by atoms with Crippen LogP contribution in [0.3, 0.4) is 0 Å². The Morgan fingerprint density at radius 3 is 2.57 bits per heavy atom. The van der Waals surface area contributed by atoms with E-state index in [1.165, 1.54) is 11.3 Å². The molecule has 0 spiro atoms. The molecule has 0 saturated carbocycles. The van der Waals surface area contributed by atoms with Crippen molar-refractivity contribution in [2.24, 2.45) is 0 Å². The maximum atomic E-state index is 11.6. The van der Waals surface area contributed by atoms with Gasteiger partial charge < -0.3 is 4.74 Å². The number of carbonyl (C=O) groups is 1. The molecule has 14 heavy (non-hydrogen) atoms. The first-order chi connectivity index (χ1) is 6.42. The van der Waals surface area contributed by atoms with Gasteiger partial charge in [-0.3, -0.25) is 0 Å². The van der Waals surface area contributed by atoms with Gasteiger partial charge in [0, 0.05) is 10.2 Å². The summed E-state index contributed by atoms with van der Waals surface area (Å²) in [5.74, 6) is -0.241. The van der Waals surface area contributed by atoms with Gasteiger partial charge in [-0.25, -0.2) is 4.79 Å². The van der Waals surface area contributed by atoms with E-state index in [0.717, 1.165) is 10.2 Å². The lowest BCUT2D eigenvalue weighted by atomic mass is 10.2. The molecule has 0 aliphatic carbocycles. The van der Waals surface area contributed by atoms with E-state index in [1.54, 1.807) is 6.07 Å². The van der Waals surface area contributed by atoms with E-state index in [9.17, 15) is 4.79 Å². The van der Waals surface area contributed by atoms with Gasteiger partial charge >= 0.3 is 5.97 Å². The number of halogens is 1. The minimum Gasteiger partial charge on any atom is -0.456 e. The van der Waals surface area contributed by atoms with Crippen LogP contribution in [0, 0.1) is 0 Å². The molecule has 4 heteroatoms. The number of alkyl halides is 1. The van der Waals surface area contributed by atoms with Crippen LogP contribution >= 0.6 is 27.3 Å². The minimum absolute atomic E-state index is 0.241. The molecule has 78 valence electrons. The molecule has 0 unspecified atom stereocenters. The maximum absolute atomic E-state index is 11.6. The second kappa shape index (κ2) is 4.45. The van der Waals surface area contributed by atoms with Crippen LogP contribution in [0.5, 0.6) is 0 Å². The van der Waals surface area contributed by atoms with E-state index in [-0.39, 0.29) is 5.97 Å². The van der Waals surface area contributed by atoms with Crippen LogP contribution in [0.1, 0.15) is 35.3 Å². The zero-order valence-electron chi connectivity index (χ0n) is 8.46. The summed E-state index contributed by atoms with van der Waals surface area (Å²) in [6.45, 7) is 5.59. The number of ether oxygens (including phenoxy) is 1. The molecule has 0 bridgehead atoms. The first-order valence-corrected chi connectivity index (χ1v) is 6.24. The van der Waals surface area contributed by atoms with E-state index in [1.807, 2.05) is 26.8 Å². The molecule has 1 rings (SSSR count). The predicted octanol–water partition coefficient (Wildman–Crippen LogP) is 3.60. The highest BCUT2D eigenvalue weighted by Gasteiger charge is 2.18. The van der Waals surface area contributed by atoms with Gasteiger partial charge in [-0.1, -0.05) is 15.9 Å². The highest BCUT2D eigenvalue weighted by molar-refractivity contribution is 9.08. The highest BCUT2D eigenvalue weighted by Crippen LogP contribution is 2.21. The number of hydrogen-bond donors (Lipinski definition) is 0. The molecule has 0 aliphatic heterocycles. The summed E-state index contributed by atoms with van der Waals surface area (Å²) >= 11 is 4.80. The Bertz CT molecular complexity index is 325. The van der Waals surface area contributed by atoms with Crippen LogP contribution in [-0.2, 0) is 10.1 Å². The molecule has 0 amide bonds. The Hall–Kier alpha value is -0.350. The normalized spacial score (nSPS) is 11.4. The lowest BCUT2D eigenvalue weighted by Gasteiger charge is -2.18. The average molecular weight is 277 g/mol. The quantitative estimate of drug-likeness (QED) is 0.610. The third-order valence-corrected chi connectivity index (χ3v) is 3.43. The molecule has 0 N–H and O–H groups in total. The Balaban J connectivity index is 2.70. The van der Waals surface area contributed by atoms with Crippen LogP contribution in [0.15, 0.2) is 12.1 Å². The minimum atomic E-state index is -0.421. The molecule has 0 fully saturated rings. The van der Waals surface area contributed by atoms with Gasteiger partial charge in [-0.05, 0) is 32.9 Å². The van der Waals surface area contributed by atoms with Crippen molar-refractivity contribution < 1.29 is 9.53 Å². The fourth-order valence-corrected chi connectivity index (χ4v) is 2.15. The lowest BCUT2D eigenvalue weighted by molar-refractivity contribution is 0.00752. The van der Waals surface area contributed by atoms with Crippen molar-refractivity contribution in [3.05, 3.63) is 21.9 Å². The van der Waals surface area contributed by atoms with E-state index in [2.05, 4.69) is 15.9 Å². The number of rotatable bonds is 2. The monoisotopic (exact) mass is 276 g/mol. The van der Waals surface area contributed by atoms with E-state index < -0.39 is 5.60 Å². The summed E-state index contributed by atoms with van der Waals surface area (Å²) in [4.78, 5) is 13.4. The summed E-state index contributed by atoms with van der Waals surface area (Å²) in [5, 5.41) is 0.778. The molecule has 0 saturated heterocycles. The third kappa shape index (κ3) is 3.42. The Morgan fingerprint density at radius 2 is 2.14 bits per heavy atom. The number of carbonyl (C=O) groups excluding carboxylic acids is 1. The summed E-state index contributed by atoms with van der Waals surface area (Å²) < 4.78 is 5.24. The van der Waals surface area contributed by atoms with E-state index in [0.29, 0.717) is 4.88 Å². The van der Waals surface area contributed by atoms with Crippen molar-refractivity contribution in [3.8, 4) is 0 Å². The second-order valence-electron chi connectivity index (χ2n) is 3.90. The van der Waals surface area contributed by atoms with Crippen LogP contribution < -0.4 is 0 Å². The molecule has 1 aromatic heterocycles. The fourth-order valence-electron chi connectivity index (χ4n) is 0.888. The smallest absolute Gasteiger partial charge is 0.348 e. The molecule has 0 radical (unpaired) electrons. The van der Waals surface area contributed by atoms with Crippen molar-refractivity contribution in [2.45, 2.75) is 31.7 Å². The van der Waals surface area contributed by atoms with Crippen molar-refractivity contribution in [1.29, 1.82) is 0 Å². The fraction of sp³-hybridized carbons (Fsp3) is 0.500. The number of hydrogen-bond acceptors (Lipinski definition) is 3. The van der Waals surface area contributed by atoms with Crippen LogP contribution in [0.2, 0.25) is 0 Å². The third-order valence-electron chi connectivity index (χ3n) is 1.39. The van der Waals surface area contributed by atoms with Gasteiger partial charge in [0.2, 0.25) is 0 Å². The topological polar surface area (TPSA) is 26.3 Å². The van der Waals surface area contributed by atoms with Gasteiger partial charge in [0.25, 0.3) is 0 Å². The Labute approximate surface area is 96.4 Å². The summed E-state index contributed by atoms with van der Waals surface area (Å²) in [6, 6.07) is 3.73. The van der Waals surface area contributed by atoms with Crippen molar-refractivity contribution in [3.63, 3.8) is 0 Å². The number of thiophene rings is 1. The van der Waals surface area contributed by atoms with Gasteiger partial charge in [0.15, 0.2) is 0 Å². The van der Waals surface area contributed by atoms with Crippen molar-refractivity contribution >= 4 is 33.2 Å². The largest absolute Gasteiger partial charge is 0.456 e. The molecule has 1 heterocycles. The lowest BCUT2D eigenvalue weighted by Crippen LogP contribution is -2.23. The molecule has 1 aromatic rings. The van der Waals surface area contributed by atoms with Crippen LogP contribution in [0.4, 0.5) is 0 Å². The first-order valence-electron chi connectivity index (χ1n) is 4.30. The zero-order chi connectivity index (χ0) is 10.8. The summed E-state index contributed by atoms with van der Waals surface area (Å²) in [6.07, 6.45) is 0. The predicted molar refractivity (Wildman–Crippen MR) is 62.1 cm³/mol. The summed E-state index contributed by atoms with van der Waals surface area (Å²) in [7, 11) is 0. The molecule has 0 aromatic carbocycles. The molecular formula is C10H13BrO2S.